The average Bonchev–Trinajstić information content (AvgIpc) is 2.75. The number of benzene rings is 1. The van der Waals surface area contributed by atoms with Crippen LogP contribution in [0.2, 0.25) is 0 Å². The van der Waals surface area contributed by atoms with Crippen LogP contribution >= 0.6 is 0 Å². The molecule has 0 bridgehead atoms. The minimum absolute atomic E-state index is 0.915. The molecule has 26 heavy (non-hydrogen) atoms. The lowest BCUT2D eigenvalue weighted by Gasteiger charge is -2.00. The SMILES string of the molecule is c1ccc(-c2ccccn2)nc1.c1cnc2c(c1)ccc1cccnc12. The minimum atomic E-state index is 0.915. The van der Waals surface area contributed by atoms with E-state index in [1.54, 1.807) is 24.8 Å². The molecule has 0 radical (unpaired) electrons. The van der Waals surface area contributed by atoms with Crippen molar-refractivity contribution in [2.45, 2.75) is 0 Å². The van der Waals surface area contributed by atoms with Gasteiger partial charge in [0.25, 0.3) is 0 Å². The molecule has 0 aliphatic heterocycles. The van der Waals surface area contributed by atoms with E-state index in [4.69, 9.17) is 0 Å². The first-order chi connectivity index (χ1) is 12.9. The van der Waals surface area contributed by atoms with Crippen molar-refractivity contribution in [3.63, 3.8) is 0 Å². The number of hydrogen-bond donors (Lipinski definition) is 0. The predicted molar refractivity (Wildman–Crippen MR) is 105 cm³/mol. The lowest BCUT2D eigenvalue weighted by atomic mass is 10.1. The average molecular weight is 336 g/mol. The van der Waals surface area contributed by atoms with Gasteiger partial charge in [0, 0.05) is 35.6 Å². The molecule has 1 aromatic carbocycles. The van der Waals surface area contributed by atoms with E-state index in [0.29, 0.717) is 0 Å². The fraction of sp³-hybridized carbons (Fsp3) is 0. The molecule has 124 valence electrons. The van der Waals surface area contributed by atoms with Gasteiger partial charge in [-0.25, -0.2) is 0 Å². The number of aromatic nitrogens is 4. The summed E-state index contributed by atoms with van der Waals surface area (Å²) in [7, 11) is 0. The fourth-order valence-corrected chi connectivity index (χ4v) is 2.71. The van der Waals surface area contributed by atoms with Gasteiger partial charge < -0.3 is 0 Å². The normalized spacial score (nSPS) is 10.3. The maximum atomic E-state index is 4.35. The lowest BCUT2D eigenvalue weighted by Crippen LogP contribution is -1.83. The Morgan fingerprint density at radius 3 is 1.27 bits per heavy atom. The van der Waals surface area contributed by atoms with Gasteiger partial charge in [0.1, 0.15) is 0 Å². The van der Waals surface area contributed by atoms with E-state index in [1.165, 1.54) is 0 Å². The molecule has 5 aromatic rings. The molecule has 4 heterocycles. The third-order valence-electron chi connectivity index (χ3n) is 3.94. The number of rotatable bonds is 1. The molecule has 4 heteroatoms. The van der Waals surface area contributed by atoms with Crippen LogP contribution in [0.1, 0.15) is 0 Å². The topological polar surface area (TPSA) is 51.6 Å². The lowest BCUT2D eigenvalue weighted by molar-refractivity contribution is 1.25. The number of hydrogen-bond acceptors (Lipinski definition) is 4. The quantitative estimate of drug-likeness (QED) is 0.407. The van der Waals surface area contributed by atoms with Crippen LogP contribution < -0.4 is 0 Å². The van der Waals surface area contributed by atoms with Crippen LogP contribution in [0, 0.1) is 0 Å². The van der Waals surface area contributed by atoms with Gasteiger partial charge in [-0.1, -0.05) is 36.4 Å². The molecule has 0 saturated carbocycles. The van der Waals surface area contributed by atoms with E-state index in [2.05, 4.69) is 44.2 Å². The van der Waals surface area contributed by atoms with Crippen molar-refractivity contribution < 1.29 is 0 Å². The number of nitrogens with zero attached hydrogens (tertiary/aromatic N) is 4. The Morgan fingerprint density at radius 1 is 0.385 bits per heavy atom. The molecule has 0 unspecified atom stereocenters. The summed E-state index contributed by atoms with van der Waals surface area (Å²) in [5.74, 6) is 0. The van der Waals surface area contributed by atoms with Crippen LogP contribution in [0.25, 0.3) is 33.2 Å². The minimum Gasteiger partial charge on any atom is -0.255 e. The molecule has 0 spiro atoms. The molecule has 0 N–H and O–H groups in total. The number of pyridine rings is 4. The highest BCUT2D eigenvalue weighted by atomic mass is 14.8. The Labute approximate surface area is 151 Å². The summed E-state index contributed by atoms with van der Waals surface area (Å²) < 4.78 is 0. The summed E-state index contributed by atoms with van der Waals surface area (Å²) in [5.41, 5.74) is 3.78. The molecule has 0 aliphatic rings. The molecule has 0 saturated heterocycles. The van der Waals surface area contributed by atoms with Gasteiger partial charge in [0.15, 0.2) is 0 Å². The Morgan fingerprint density at radius 2 is 0.846 bits per heavy atom. The molecule has 0 amide bonds. The van der Waals surface area contributed by atoms with Crippen LogP contribution in [-0.2, 0) is 0 Å². The summed E-state index contributed by atoms with van der Waals surface area (Å²) in [4.78, 5) is 17.1. The molecular formula is C22H16N4. The summed E-state index contributed by atoms with van der Waals surface area (Å²) in [6, 6.07) is 23.7. The maximum Gasteiger partial charge on any atom is 0.0964 e. The maximum absolute atomic E-state index is 4.35. The van der Waals surface area contributed by atoms with Gasteiger partial charge >= 0.3 is 0 Å². The Kier molecular flexibility index (Phi) is 4.56. The van der Waals surface area contributed by atoms with Crippen molar-refractivity contribution in [1.82, 2.24) is 19.9 Å². The summed E-state index contributed by atoms with van der Waals surface area (Å²) in [6.07, 6.45) is 7.14. The second-order valence-electron chi connectivity index (χ2n) is 5.65. The van der Waals surface area contributed by atoms with E-state index >= 15 is 0 Å². The highest BCUT2D eigenvalue weighted by Crippen LogP contribution is 2.20. The van der Waals surface area contributed by atoms with E-state index in [-0.39, 0.29) is 0 Å². The van der Waals surface area contributed by atoms with Crippen LogP contribution in [-0.4, -0.2) is 19.9 Å². The molecule has 0 atom stereocenters. The third-order valence-corrected chi connectivity index (χ3v) is 3.94. The van der Waals surface area contributed by atoms with Crippen LogP contribution in [0.3, 0.4) is 0 Å². The van der Waals surface area contributed by atoms with Crippen LogP contribution in [0.5, 0.6) is 0 Å². The van der Waals surface area contributed by atoms with Gasteiger partial charge in [-0.05, 0) is 36.4 Å². The molecule has 4 aromatic heterocycles. The van der Waals surface area contributed by atoms with Gasteiger partial charge in [-0.15, -0.1) is 0 Å². The molecule has 0 aliphatic carbocycles. The smallest absolute Gasteiger partial charge is 0.0964 e. The van der Waals surface area contributed by atoms with Crippen molar-refractivity contribution >= 4 is 21.8 Å². The molecular weight excluding hydrogens is 320 g/mol. The predicted octanol–water partition coefficient (Wildman–Crippen LogP) is 4.93. The second kappa shape index (κ2) is 7.49. The van der Waals surface area contributed by atoms with E-state index in [9.17, 15) is 0 Å². The first-order valence-corrected chi connectivity index (χ1v) is 8.33. The zero-order valence-electron chi connectivity index (χ0n) is 14.0. The zero-order valence-corrected chi connectivity index (χ0v) is 14.0. The summed E-state index contributed by atoms with van der Waals surface area (Å²) in [6.45, 7) is 0. The van der Waals surface area contributed by atoms with Crippen LogP contribution in [0.15, 0.2) is 97.6 Å². The van der Waals surface area contributed by atoms with Crippen molar-refractivity contribution in [3.8, 4) is 11.4 Å². The second-order valence-corrected chi connectivity index (χ2v) is 5.65. The van der Waals surface area contributed by atoms with E-state index < -0.39 is 0 Å². The largest absolute Gasteiger partial charge is 0.255 e. The first kappa shape index (κ1) is 15.8. The fourth-order valence-electron chi connectivity index (χ4n) is 2.71. The highest BCUT2D eigenvalue weighted by Gasteiger charge is 2.00. The van der Waals surface area contributed by atoms with Crippen molar-refractivity contribution in [2.24, 2.45) is 0 Å². The molecule has 4 nitrogen and oxygen atoms in total. The molecule has 5 rings (SSSR count). The van der Waals surface area contributed by atoms with E-state index in [0.717, 1.165) is 33.2 Å². The van der Waals surface area contributed by atoms with Crippen LogP contribution in [0.4, 0.5) is 0 Å². The van der Waals surface area contributed by atoms with E-state index in [1.807, 2.05) is 48.5 Å². The van der Waals surface area contributed by atoms with Crippen molar-refractivity contribution in [2.75, 3.05) is 0 Å². The van der Waals surface area contributed by atoms with Crippen molar-refractivity contribution in [1.29, 1.82) is 0 Å². The van der Waals surface area contributed by atoms with Gasteiger partial charge in [-0.2, -0.15) is 0 Å². The first-order valence-electron chi connectivity index (χ1n) is 8.33. The van der Waals surface area contributed by atoms with Gasteiger partial charge in [0.2, 0.25) is 0 Å². The summed E-state index contributed by atoms with van der Waals surface area (Å²) >= 11 is 0. The summed E-state index contributed by atoms with van der Waals surface area (Å²) in [5, 5.41) is 2.28. The third kappa shape index (κ3) is 3.39. The van der Waals surface area contributed by atoms with Crippen molar-refractivity contribution in [3.05, 3.63) is 97.6 Å². The standard InChI is InChI=1S/C12H8N2.C10H8N2/c1-3-9-5-6-10-4-2-8-14-12(10)11(9)13-7-1;1-3-7-11-9(5-1)10-6-2-4-8-12-10/h1-8H;1-8H. The zero-order chi connectivity index (χ0) is 17.6. The Bertz CT molecular complexity index is 1030. The molecule has 0 fully saturated rings. The number of fused-ring (bicyclic) bond motifs is 3. The van der Waals surface area contributed by atoms with Gasteiger partial charge in [-0.3, -0.25) is 19.9 Å². The van der Waals surface area contributed by atoms with Gasteiger partial charge in [0.05, 0.1) is 22.4 Å². The Balaban J connectivity index is 0.000000131. The Hall–Kier alpha value is -3.66. The highest BCUT2D eigenvalue weighted by molar-refractivity contribution is 6.02. The monoisotopic (exact) mass is 336 g/mol.